The molecule has 3 heterocycles. The first-order chi connectivity index (χ1) is 20.4. The smallest absolute Gasteiger partial charge is 0.323 e. The van der Waals surface area contributed by atoms with Gasteiger partial charge in [0, 0.05) is 19.4 Å². The van der Waals surface area contributed by atoms with Crippen molar-refractivity contribution in [2.24, 2.45) is 5.92 Å². The molecule has 0 bridgehead atoms. The summed E-state index contributed by atoms with van der Waals surface area (Å²) in [5.74, 6) is -2.74. The van der Waals surface area contributed by atoms with E-state index in [1.165, 1.54) is 13.3 Å². The molecule has 5 rings (SSSR count). The van der Waals surface area contributed by atoms with Gasteiger partial charge < -0.3 is 25.0 Å². The molecule has 0 amide bonds. The minimum absolute atomic E-state index is 0.0321. The van der Waals surface area contributed by atoms with Crippen LogP contribution in [0.4, 0.5) is 16.2 Å². The zero-order chi connectivity index (χ0) is 30.9. The number of hydrogen-bond donors (Lipinski definition) is 3. The number of nitrogens with one attached hydrogen (secondary N) is 2. The topological polar surface area (TPSA) is 156 Å². The monoisotopic (exact) mass is 613 g/mol. The number of rotatable bonds is 11. The lowest BCUT2D eigenvalue weighted by Crippen LogP contribution is -2.37. The molecule has 0 saturated carbocycles. The van der Waals surface area contributed by atoms with E-state index >= 15 is 4.39 Å². The quantitative estimate of drug-likeness (QED) is 0.152. The number of nitrogens with zero attached hydrogens (tertiary/aromatic N) is 4. The van der Waals surface area contributed by atoms with Crippen molar-refractivity contribution in [2.75, 3.05) is 24.7 Å². The van der Waals surface area contributed by atoms with Gasteiger partial charge in [0.25, 0.3) is 7.52 Å². The van der Waals surface area contributed by atoms with Crippen molar-refractivity contribution in [3.05, 3.63) is 54.4 Å². The van der Waals surface area contributed by atoms with Crippen LogP contribution in [0, 0.1) is 5.92 Å². The van der Waals surface area contributed by atoms with E-state index in [4.69, 9.17) is 19.7 Å². The fourth-order valence-corrected chi connectivity index (χ4v) is 7.42. The van der Waals surface area contributed by atoms with Gasteiger partial charge in [0.2, 0.25) is 11.8 Å². The molecule has 0 radical (unpaired) electrons. The van der Waals surface area contributed by atoms with Gasteiger partial charge in [-0.2, -0.15) is 9.97 Å². The highest BCUT2D eigenvalue weighted by molar-refractivity contribution is 7.56. The number of carbonyl (C=O) groups excluding carboxylic acids is 1. The second-order valence-corrected chi connectivity index (χ2v) is 13.3. The van der Waals surface area contributed by atoms with Crippen molar-refractivity contribution in [3.63, 3.8) is 0 Å². The number of nitrogens with two attached hydrogens (primary N) is 1. The predicted octanol–water partition coefficient (Wildman–Crippen LogP) is 5.16. The van der Waals surface area contributed by atoms with Gasteiger partial charge in [0.05, 0.1) is 18.6 Å². The standard InChI is InChI=1S/C29H37FN7O5P/c1-17(2)41-27(38)19(4)36-43(39,14-21-11-8-10-20-9-6-7-12-22(20)21)40-15-29(30)13-18(3)26(42-29)37-16-33-23-24(32-5)34-28(31)35-25(23)37/h6-12,16-19,26H,13-15H2,1-5H3,(H,36,39)(H3,31,32,34,35)/t18-,19-,26+,29-,43?/m0/s1. The largest absolute Gasteiger partial charge is 0.462 e. The van der Waals surface area contributed by atoms with E-state index in [1.54, 1.807) is 25.5 Å². The van der Waals surface area contributed by atoms with Gasteiger partial charge in [0.15, 0.2) is 17.0 Å². The van der Waals surface area contributed by atoms with E-state index in [-0.39, 0.29) is 30.6 Å². The Morgan fingerprint density at radius 3 is 2.72 bits per heavy atom. The molecule has 43 heavy (non-hydrogen) atoms. The number of aromatic nitrogens is 4. The lowest BCUT2D eigenvalue weighted by Gasteiger charge is -2.27. The number of anilines is 2. The second kappa shape index (κ2) is 12.2. The normalized spacial score (nSPS) is 22.6. The molecule has 2 aromatic heterocycles. The molecule has 2 aromatic carbocycles. The molecule has 12 nitrogen and oxygen atoms in total. The van der Waals surface area contributed by atoms with E-state index < -0.39 is 38.2 Å². The number of benzene rings is 2. The zero-order valence-corrected chi connectivity index (χ0v) is 25.7. The van der Waals surface area contributed by atoms with Gasteiger partial charge in [-0.1, -0.05) is 49.4 Å². The summed E-state index contributed by atoms with van der Waals surface area (Å²) in [6, 6.07) is 12.3. The molecule has 1 aliphatic rings. The van der Waals surface area contributed by atoms with Crippen LogP contribution in [-0.2, 0) is 29.5 Å². The van der Waals surface area contributed by atoms with Crippen LogP contribution in [0.15, 0.2) is 48.8 Å². The number of alkyl halides is 1. The molecule has 4 N–H and O–H groups in total. The van der Waals surface area contributed by atoms with Crippen molar-refractivity contribution < 1.29 is 27.7 Å². The molecular formula is C29H37FN7O5P. The lowest BCUT2D eigenvalue weighted by atomic mass is 10.1. The first kappa shape index (κ1) is 30.8. The maximum absolute atomic E-state index is 16.3. The Morgan fingerprint density at radius 2 is 1.98 bits per heavy atom. The SMILES string of the molecule is CNc1nc(N)nc2c1ncn2[C@@H]1O[C@](F)(COP(=O)(Cc2cccc3ccccc23)N[C@@H](C)C(=O)OC(C)C)C[C@@H]1C. The molecular weight excluding hydrogens is 576 g/mol. The summed E-state index contributed by atoms with van der Waals surface area (Å²) in [7, 11) is -2.20. The first-order valence-electron chi connectivity index (χ1n) is 14.1. The van der Waals surface area contributed by atoms with Crippen molar-refractivity contribution >= 4 is 47.2 Å². The molecule has 1 aliphatic heterocycles. The molecule has 14 heteroatoms. The maximum atomic E-state index is 16.3. The highest BCUT2D eigenvalue weighted by Crippen LogP contribution is 2.51. The Hall–Kier alpha value is -3.64. The third-order valence-corrected chi connectivity index (χ3v) is 9.32. The number of halogens is 1. The van der Waals surface area contributed by atoms with Crippen LogP contribution < -0.4 is 16.1 Å². The molecule has 1 unspecified atom stereocenters. The molecule has 0 aliphatic carbocycles. The molecule has 0 spiro atoms. The summed E-state index contributed by atoms with van der Waals surface area (Å²) in [6.07, 6.45) is 0.220. The number of carbonyl (C=O) groups is 1. The number of imidazole rings is 1. The minimum Gasteiger partial charge on any atom is -0.462 e. The van der Waals surface area contributed by atoms with Gasteiger partial charge in [-0.3, -0.25) is 13.9 Å². The summed E-state index contributed by atoms with van der Waals surface area (Å²) in [4.78, 5) is 25.4. The average Bonchev–Trinajstić information content (AvgIpc) is 3.51. The molecule has 1 fully saturated rings. The summed E-state index contributed by atoms with van der Waals surface area (Å²) >= 11 is 0. The summed E-state index contributed by atoms with van der Waals surface area (Å²) in [5, 5.41) is 7.59. The van der Waals surface area contributed by atoms with Gasteiger partial charge in [-0.15, -0.1) is 0 Å². The average molecular weight is 614 g/mol. The molecule has 1 saturated heterocycles. The second-order valence-electron chi connectivity index (χ2n) is 11.2. The summed E-state index contributed by atoms with van der Waals surface area (Å²) < 4.78 is 49.4. The van der Waals surface area contributed by atoms with Gasteiger partial charge in [0.1, 0.15) is 18.9 Å². The maximum Gasteiger partial charge on any atom is 0.323 e. The van der Waals surface area contributed by atoms with Crippen molar-refractivity contribution in [1.29, 1.82) is 0 Å². The Balaban J connectivity index is 1.39. The van der Waals surface area contributed by atoms with E-state index in [1.807, 2.05) is 49.4 Å². The van der Waals surface area contributed by atoms with E-state index in [9.17, 15) is 9.36 Å². The third kappa shape index (κ3) is 6.65. The number of fused-ring (bicyclic) bond motifs is 2. The summed E-state index contributed by atoms with van der Waals surface area (Å²) in [6.45, 7) is 6.18. The molecule has 4 aromatic rings. The van der Waals surface area contributed by atoms with Crippen molar-refractivity contribution in [1.82, 2.24) is 24.6 Å². The fraction of sp³-hybridized carbons (Fsp3) is 0.448. The third-order valence-electron chi connectivity index (χ3n) is 7.24. The Bertz CT molecular complexity index is 1680. The van der Waals surface area contributed by atoms with Crippen LogP contribution in [0.25, 0.3) is 21.9 Å². The Kier molecular flexibility index (Phi) is 8.71. The van der Waals surface area contributed by atoms with Gasteiger partial charge in [-0.25, -0.2) is 14.5 Å². The Labute approximate surface area is 249 Å². The first-order valence-corrected chi connectivity index (χ1v) is 15.9. The van der Waals surface area contributed by atoms with Gasteiger partial charge in [-0.05, 0) is 37.1 Å². The van der Waals surface area contributed by atoms with E-state index in [0.29, 0.717) is 17.0 Å². The van der Waals surface area contributed by atoms with Crippen molar-refractivity contribution in [2.45, 2.75) is 64.5 Å². The van der Waals surface area contributed by atoms with Crippen LogP contribution in [0.5, 0.6) is 0 Å². The van der Waals surface area contributed by atoms with Crippen LogP contribution in [0.2, 0.25) is 0 Å². The van der Waals surface area contributed by atoms with Crippen molar-refractivity contribution in [3.8, 4) is 0 Å². The van der Waals surface area contributed by atoms with E-state index in [0.717, 1.165) is 16.3 Å². The number of hydrogen-bond acceptors (Lipinski definition) is 10. The molecule has 230 valence electrons. The van der Waals surface area contributed by atoms with Crippen LogP contribution >= 0.6 is 7.52 Å². The highest BCUT2D eigenvalue weighted by Gasteiger charge is 2.48. The predicted molar refractivity (Wildman–Crippen MR) is 162 cm³/mol. The van der Waals surface area contributed by atoms with Crippen LogP contribution in [-0.4, -0.2) is 57.1 Å². The number of ether oxygens (including phenoxy) is 2. The Morgan fingerprint density at radius 1 is 1.23 bits per heavy atom. The highest BCUT2D eigenvalue weighted by atomic mass is 31.2. The lowest BCUT2D eigenvalue weighted by molar-refractivity contribution is -0.172. The molecule has 5 atom stereocenters. The summed E-state index contributed by atoms with van der Waals surface area (Å²) in [5.41, 5.74) is 7.47. The minimum atomic E-state index is -3.89. The van der Waals surface area contributed by atoms with Crippen LogP contribution in [0.3, 0.4) is 0 Å². The van der Waals surface area contributed by atoms with Crippen LogP contribution in [0.1, 0.15) is 45.9 Å². The van der Waals surface area contributed by atoms with E-state index in [2.05, 4.69) is 25.4 Å². The van der Waals surface area contributed by atoms with Gasteiger partial charge >= 0.3 is 5.97 Å². The fourth-order valence-electron chi connectivity index (χ4n) is 5.35. The zero-order valence-electron chi connectivity index (χ0n) is 24.8. The number of nitrogen functional groups attached to an aromatic ring is 1. The number of esters is 1.